The van der Waals surface area contributed by atoms with Crippen molar-refractivity contribution in [1.29, 1.82) is 0 Å². The Kier molecular flexibility index (Phi) is 5.88. The average molecular weight is 438 g/mol. The molecular formula is C20H25F2N5O2S. The summed E-state index contributed by atoms with van der Waals surface area (Å²) in [6, 6.07) is 6.82. The maximum Gasteiger partial charge on any atom is 0.246 e. The first kappa shape index (κ1) is 20.9. The summed E-state index contributed by atoms with van der Waals surface area (Å²) in [4.78, 5) is 3.73. The van der Waals surface area contributed by atoms with Crippen LogP contribution in [0.4, 0.5) is 20.4 Å². The van der Waals surface area contributed by atoms with Gasteiger partial charge in [-0.1, -0.05) is 0 Å². The summed E-state index contributed by atoms with van der Waals surface area (Å²) in [7, 11) is -4.02. The molecule has 10 heteroatoms. The van der Waals surface area contributed by atoms with Gasteiger partial charge < -0.3 is 9.80 Å². The number of nitrogens with zero attached hydrogens (tertiary/aromatic N) is 5. The molecule has 1 aromatic heterocycles. The molecule has 2 aromatic rings. The Morgan fingerprint density at radius 3 is 2.27 bits per heavy atom. The van der Waals surface area contributed by atoms with Gasteiger partial charge in [0.15, 0.2) is 11.6 Å². The fourth-order valence-corrected chi connectivity index (χ4v) is 5.53. The van der Waals surface area contributed by atoms with E-state index in [1.165, 1.54) is 10.7 Å². The number of sulfonamides is 1. The summed E-state index contributed by atoms with van der Waals surface area (Å²) in [6.07, 6.45) is 3.53. The summed E-state index contributed by atoms with van der Waals surface area (Å²) >= 11 is 0. The maximum absolute atomic E-state index is 14.0. The second kappa shape index (κ2) is 8.43. The van der Waals surface area contributed by atoms with Gasteiger partial charge in [-0.05, 0) is 50.5 Å². The zero-order chi connectivity index (χ0) is 21.3. The third-order valence-electron chi connectivity index (χ3n) is 5.81. The van der Waals surface area contributed by atoms with Gasteiger partial charge in [0.2, 0.25) is 10.0 Å². The largest absolute Gasteiger partial charge is 0.352 e. The number of piperazine rings is 1. The van der Waals surface area contributed by atoms with Gasteiger partial charge in [-0.3, -0.25) is 0 Å². The van der Waals surface area contributed by atoms with Gasteiger partial charge in [0.1, 0.15) is 16.5 Å². The highest BCUT2D eigenvalue weighted by Gasteiger charge is 2.31. The molecule has 0 amide bonds. The zero-order valence-corrected chi connectivity index (χ0v) is 17.7. The van der Waals surface area contributed by atoms with Crippen LogP contribution in [0, 0.1) is 11.6 Å². The fourth-order valence-electron chi connectivity index (χ4n) is 4.06. The Bertz CT molecular complexity index is 995. The number of anilines is 2. The number of hydrogen-bond donors (Lipinski definition) is 0. The number of rotatable bonds is 4. The van der Waals surface area contributed by atoms with Crippen molar-refractivity contribution in [2.75, 3.05) is 42.5 Å². The first-order valence-electron chi connectivity index (χ1n) is 10.2. The van der Waals surface area contributed by atoms with Gasteiger partial charge in [-0.15, -0.1) is 10.2 Å². The van der Waals surface area contributed by atoms with E-state index in [1.807, 2.05) is 17.0 Å². The Balaban J connectivity index is 1.42. The smallest absolute Gasteiger partial charge is 0.246 e. The normalized spacial score (nSPS) is 21.1. The topological polar surface area (TPSA) is 69.6 Å². The number of halogens is 2. The third kappa shape index (κ3) is 4.11. The molecule has 7 nitrogen and oxygen atoms in total. The fraction of sp³-hybridized carbons (Fsp3) is 0.500. The van der Waals surface area contributed by atoms with Crippen LogP contribution in [-0.4, -0.2) is 61.7 Å². The standard InChI is InChI=1S/C20H25F2N5O2S/c1-15-4-2-3-9-27(15)20-8-7-19(23-24-20)25-10-12-26(13-11-25)30(28,29)18-6-5-16(21)14-17(18)22/h5-8,14-15H,2-4,9-13H2,1H3. The molecule has 2 aliphatic heterocycles. The Hall–Kier alpha value is -2.33. The van der Waals surface area contributed by atoms with Crippen LogP contribution in [0.5, 0.6) is 0 Å². The van der Waals surface area contributed by atoms with E-state index in [0.717, 1.165) is 37.3 Å². The van der Waals surface area contributed by atoms with Crippen LogP contribution in [0.1, 0.15) is 26.2 Å². The predicted molar refractivity (Wildman–Crippen MR) is 110 cm³/mol. The van der Waals surface area contributed by atoms with E-state index in [0.29, 0.717) is 31.0 Å². The molecule has 1 aromatic carbocycles. The number of piperidine rings is 1. The quantitative estimate of drug-likeness (QED) is 0.733. The molecule has 0 radical (unpaired) electrons. The summed E-state index contributed by atoms with van der Waals surface area (Å²) < 4.78 is 53.8. The van der Waals surface area contributed by atoms with Gasteiger partial charge in [0.25, 0.3) is 0 Å². The van der Waals surface area contributed by atoms with E-state index in [4.69, 9.17) is 0 Å². The van der Waals surface area contributed by atoms with E-state index in [-0.39, 0.29) is 13.1 Å². The lowest BCUT2D eigenvalue weighted by Crippen LogP contribution is -2.49. The van der Waals surface area contributed by atoms with Gasteiger partial charge in [0.05, 0.1) is 0 Å². The molecule has 2 saturated heterocycles. The third-order valence-corrected chi connectivity index (χ3v) is 7.74. The highest BCUT2D eigenvalue weighted by molar-refractivity contribution is 7.89. The van der Waals surface area contributed by atoms with Crippen molar-refractivity contribution in [3.63, 3.8) is 0 Å². The minimum Gasteiger partial charge on any atom is -0.352 e. The van der Waals surface area contributed by atoms with Crippen molar-refractivity contribution < 1.29 is 17.2 Å². The molecule has 0 spiro atoms. The molecule has 2 fully saturated rings. The van der Waals surface area contributed by atoms with Crippen molar-refractivity contribution in [2.24, 2.45) is 0 Å². The lowest BCUT2D eigenvalue weighted by atomic mass is 10.0. The highest BCUT2D eigenvalue weighted by Crippen LogP contribution is 2.25. The Morgan fingerprint density at radius 2 is 1.63 bits per heavy atom. The second-order valence-corrected chi connectivity index (χ2v) is 9.66. The molecule has 162 valence electrons. The Labute approximate surface area is 175 Å². The van der Waals surface area contributed by atoms with Crippen molar-refractivity contribution in [1.82, 2.24) is 14.5 Å². The van der Waals surface area contributed by atoms with E-state index >= 15 is 0 Å². The van der Waals surface area contributed by atoms with Crippen LogP contribution in [0.2, 0.25) is 0 Å². The lowest BCUT2D eigenvalue weighted by molar-refractivity contribution is 0.380. The monoisotopic (exact) mass is 437 g/mol. The molecule has 1 atom stereocenters. The first-order valence-corrected chi connectivity index (χ1v) is 11.6. The van der Waals surface area contributed by atoms with Crippen LogP contribution in [0.25, 0.3) is 0 Å². The lowest BCUT2D eigenvalue weighted by Gasteiger charge is -2.35. The van der Waals surface area contributed by atoms with E-state index in [1.54, 1.807) is 0 Å². The molecule has 4 rings (SSSR count). The minimum atomic E-state index is -4.02. The zero-order valence-electron chi connectivity index (χ0n) is 16.8. The first-order chi connectivity index (χ1) is 14.4. The van der Waals surface area contributed by atoms with Crippen molar-refractivity contribution in [3.05, 3.63) is 42.0 Å². The van der Waals surface area contributed by atoms with Gasteiger partial charge in [0, 0.05) is 44.8 Å². The second-order valence-electron chi connectivity index (χ2n) is 7.75. The van der Waals surface area contributed by atoms with E-state index < -0.39 is 26.6 Å². The number of hydrogen-bond acceptors (Lipinski definition) is 6. The molecule has 0 saturated carbocycles. The highest BCUT2D eigenvalue weighted by atomic mass is 32.2. The van der Waals surface area contributed by atoms with Gasteiger partial charge in [-0.25, -0.2) is 17.2 Å². The molecule has 2 aliphatic rings. The van der Waals surface area contributed by atoms with Crippen LogP contribution in [-0.2, 0) is 10.0 Å². The summed E-state index contributed by atoms with van der Waals surface area (Å²) in [5, 5.41) is 8.73. The van der Waals surface area contributed by atoms with Gasteiger partial charge >= 0.3 is 0 Å². The van der Waals surface area contributed by atoms with Crippen molar-refractivity contribution in [2.45, 2.75) is 37.1 Å². The summed E-state index contributed by atoms with van der Waals surface area (Å²) in [6.45, 7) is 4.37. The van der Waals surface area contributed by atoms with Crippen LogP contribution in [0.15, 0.2) is 35.2 Å². The Morgan fingerprint density at radius 1 is 0.933 bits per heavy atom. The molecule has 30 heavy (non-hydrogen) atoms. The van der Waals surface area contributed by atoms with E-state index in [2.05, 4.69) is 22.0 Å². The van der Waals surface area contributed by atoms with Gasteiger partial charge in [-0.2, -0.15) is 4.31 Å². The molecule has 1 unspecified atom stereocenters. The van der Waals surface area contributed by atoms with Crippen molar-refractivity contribution >= 4 is 21.7 Å². The summed E-state index contributed by atoms with van der Waals surface area (Å²) in [5.74, 6) is -0.338. The SMILES string of the molecule is CC1CCCCN1c1ccc(N2CCN(S(=O)(=O)c3ccc(F)cc3F)CC2)nn1. The average Bonchev–Trinajstić information content (AvgIpc) is 2.74. The molecule has 0 N–H and O–H groups in total. The van der Waals surface area contributed by atoms with Crippen molar-refractivity contribution in [3.8, 4) is 0 Å². The number of benzene rings is 1. The summed E-state index contributed by atoms with van der Waals surface area (Å²) in [5.41, 5.74) is 0. The molecular weight excluding hydrogens is 412 g/mol. The van der Waals surface area contributed by atoms with E-state index in [9.17, 15) is 17.2 Å². The van der Waals surface area contributed by atoms with Crippen LogP contribution >= 0.6 is 0 Å². The molecule has 3 heterocycles. The molecule has 0 aliphatic carbocycles. The minimum absolute atomic E-state index is 0.186. The maximum atomic E-state index is 14.0. The molecule has 0 bridgehead atoms. The number of aromatic nitrogens is 2. The van der Waals surface area contributed by atoms with Crippen LogP contribution in [0.3, 0.4) is 0 Å². The van der Waals surface area contributed by atoms with Crippen LogP contribution < -0.4 is 9.80 Å². The predicted octanol–water partition coefficient (Wildman–Crippen LogP) is 2.64.